The van der Waals surface area contributed by atoms with Gasteiger partial charge in [-0.05, 0) is 48.2 Å². The highest BCUT2D eigenvalue weighted by molar-refractivity contribution is 7.07. The molecule has 0 bridgehead atoms. The third-order valence-electron chi connectivity index (χ3n) is 6.31. The standard InChI is InChI=1S/C29H30ClN3O6S/c1-16(2)18-5-7-19(8-6-18)26-25(28(36)38-12-11-37-4)17(3)32-29-33(26)27(35)23(40-29)14-20-13-21(30)9-10-22(20)39-15-24(31)34/h5-10,13-14,16,26H,11-12,15H2,1-4H3,(H2,31,34). The van der Waals surface area contributed by atoms with E-state index in [0.717, 1.165) is 11.1 Å². The van der Waals surface area contributed by atoms with Crippen molar-refractivity contribution in [1.29, 1.82) is 0 Å². The van der Waals surface area contributed by atoms with Crippen molar-refractivity contribution < 1.29 is 23.8 Å². The molecule has 0 fully saturated rings. The van der Waals surface area contributed by atoms with Crippen LogP contribution < -0.4 is 25.4 Å². The van der Waals surface area contributed by atoms with E-state index in [1.54, 1.807) is 31.2 Å². The van der Waals surface area contributed by atoms with Crippen LogP contribution in [0.15, 0.2) is 63.5 Å². The van der Waals surface area contributed by atoms with Crippen molar-refractivity contribution >= 4 is 40.9 Å². The molecule has 2 heterocycles. The van der Waals surface area contributed by atoms with Gasteiger partial charge in [0.05, 0.1) is 28.5 Å². The van der Waals surface area contributed by atoms with Crippen molar-refractivity contribution in [3.8, 4) is 5.75 Å². The number of nitrogens with two attached hydrogens (primary N) is 1. The smallest absolute Gasteiger partial charge is 0.338 e. The van der Waals surface area contributed by atoms with E-state index in [-0.39, 0.29) is 31.0 Å². The lowest BCUT2D eigenvalue weighted by Crippen LogP contribution is -2.40. The number of primary amides is 1. The predicted molar refractivity (Wildman–Crippen MR) is 153 cm³/mol. The van der Waals surface area contributed by atoms with Gasteiger partial charge in [0.25, 0.3) is 11.5 Å². The zero-order valence-corrected chi connectivity index (χ0v) is 24.2. The number of methoxy groups -OCH3 is 1. The molecule has 4 rings (SSSR count). The van der Waals surface area contributed by atoms with Gasteiger partial charge in [-0.1, -0.05) is 61.1 Å². The number of nitrogens with zero attached hydrogens (tertiary/aromatic N) is 2. The molecule has 1 aliphatic rings. The molecular formula is C29H30ClN3O6S. The van der Waals surface area contributed by atoms with E-state index in [4.69, 9.17) is 31.5 Å². The van der Waals surface area contributed by atoms with Gasteiger partial charge in [0.1, 0.15) is 12.4 Å². The van der Waals surface area contributed by atoms with Crippen LogP contribution in [0.4, 0.5) is 0 Å². The molecule has 0 spiro atoms. The van der Waals surface area contributed by atoms with Crippen molar-refractivity contribution in [1.82, 2.24) is 4.57 Å². The van der Waals surface area contributed by atoms with E-state index in [1.165, 1.54) is 23.0 Å². The molecule has 2 aromatic carbocycles. The molecule has 11 heteroatoms. The summed E-state index contributed by atoms with van der Waals surface area (Å²) in [6.45, 7) is 5.90. The van der Waals surface area contributed by atoms with Crippen LogP contribution in [-0.4, -0.2) is 43.4 Å². The van der Waals surface area contributed by atoms with Crippen LogP contribution in [0.2, 0.25) is 5.02 Å². The Morgan fingerprint density at radius 1 is 1.18 bits per heavy atom. The Kier molecular flexibility index (Phi) is 9.24. The summed E-state index contributed by atoms with van der Waals surface area (Å²) in [6, 6.07) is 11.9. The van der Waals surface area contributed by atoms with Crippen molar-refractivity contribution in [2.75, 3.05) is 26.9 Å². The molecule has 40 heavy (non-hydrogen) atoms. The topological polar surface area (TPSA) is 122 Å². The monoisotopic (exact) mass is 583 g/mol. The molecule has 210 valence electrons. The maximum atomic E-state index is 13.9. The fourth-order valence-electron chi connectivity index (χ4n) is 4.31. The Balaban J connectivity index is 1.88. The first-order valence-electron chi connectivity index (χ1n) is 12.6. The zero-order chi connectivity index (χ0) is 29.0. The number of hydrogen-bond donors (Lipinski definition) is 1. The molecule has 1 atom stereocenters. The summed E-state index contributed by atoms with van der Waals surface area (Å²) in [5, 5.41) is 0.422. The zero-order valence-electron chi connectivity index (χ0n) is 22.6. The number of hydrogen-bond acceptors (Lipinski definition) is 8. The second-order valence-electron chi connectivity index (χ2n) is 9.47. The normalized spacial score (nSPS) is 15.2. The molecule has 2 N–H and O–H groups in total. The van der Waals surface area contributed by atoms with E-state index >= 15 is 0 Å². The number of ether oxygens (including phenoxy) is 3. The molecule has 0 radical (unpaired) electrons. The number of fused-ring (bicyclic) bond motifs is 1. The molecule has 1 amide bonds. The number of carbonyl (C=O) groups excluding carboxylic acids is 2. The summed E-state index contributed by atoms with van der Waals surface area (Å²) in [7, 11) is 1.52. The van der Waals surface area contributed by atoms with Crippen LogP contribution in [0.1, 0.15) is 49.4 Å². The van der Waals surface area contributed by atoms with E-state index in [2.05, 4.69) is 18.8 Å². The van der Waals surface area contributed by atoms with Crippen LogP contribution >= 0.6 is 22.9 Å². The van der Waals surface area contributed by atoms with Crippen molar-refractivity contribution in [2.24, 2.45) is 10.7 Å². The average molecular weight is 584 g/mol. The number of benzene rings is 2. The Bertz CT molecular complexity index is 1640. The van der Waals surface area contributed by atoms with Gasteiger partial charge in [0.2, 0.25) is 0 Å². The molecule has 0 saturated heterocycles. The highest BCUT2D eigenvalue weighted by atomic mass is 35.5. The van der Waals surface area contributed by atoms with Crippen molar-refractivity contribution in [3.63, 3.8) is 0 Å². The third-order valence-corrected chi connectivity index (χ3v) is 7.53. The first-order valence-corrected chi connectivity index (χ1v) is 13.8. The minimum atomic E-state index is -0.750. The number of amides is 1. The van der Waals surface area contributed by atoms with Gasteiger partial charge in [-0.15, -0.1) is 0 Å². The quantitative estimate of drug-likeness (QED) is 0.289. The lowest BCUT2D eigenvalue weighted by atomic mass is 9.93. The SMILES string of the molecule is COCCOC(=O)C1=C(C)N=c2sc(=Cc3cc(Cl)ccc3OCC(N)=O)c(=O)n2C1c1ccc(C(C)C)cc1. The number of carbonyl (C=O) groups is 2. The molecule has 1 aromatic heterocycles. The average Bonchev–Trinajstić information content (AvgIpc) is 3.21. The van der Waals surface area contributed by atoms with Gasteiger partial charge >= 0.3 is 5.97 Å². The Labute approximate surface area is 240 Å². The van der Waals surface area contributed by atoms with Crippen LogP contribution in [0.25, 0.3) is 6.08 Å². The maximum Gasteiger partial charge on any atom is 0.338 e. The Hall–Kier alpha value is -3.73. The fourth-order valence-corrected chi connectivity index (χ4v) is 5.53. The number of halogens is 1. The predicted octanol–water partition coefficient (Wildman–Crippen LogP) is 3.07. The van der Waals surface area contributed by atoms with Crippen molar-refractivity contribution in [3.05, 3.63) is 95.1 Å². The van der Waals surface area contributed by atoms with Crippen molar-refractivity contribution in [2.45, 2.75) is 32.7 Å². The van der Waals surface area contributed by atoms with E-state index < -0.39 is 17.9 Å². The van der Waals surface area contributed by atoms with Crippen LogP contribution in [-0.2, 0) is 19.1 Å². The maximum absolute atomic E-state index is 13.9. The number of allylic oxidation sites excluding steroid dienone is 1. The second-order valence-corrected chi connectivity index (χ2v) is 10.9. The second kappa shape index (κ2) is 12.6. The number of thiazole rings is 1. The lowest BCUT2D eigenvalue weighted by Gasteiger charge is -2.25. The van der Waals surface area contributed by atoms with Crippen LogP contribution in [0, 0.1) is 0 Å². The number of aromatic nitrogens is 1. The minimum Gasteiger partial charge on any atom is -0.483 e. The third kappa shape index (κ3) is 6.35. The molecule has 1 aliphatic heterocycles. The largest absolute Gasteiger partial charge is 0.483 e. The summed E-state index contributed by atoms with van der Waals surface area (Å²) >= 11 is 7.39. The molecule has 0 saturated carbocycles. The number of esters is 1. The first-order chi connectivity index (χ1) is 19.1. The Morgan fingerprint density at radius 2 is 1.90 bits per heavy atom. The molecule has 1 unspecified atom stereocenters. The van der Waals surface area contributed by atoms with E-state index in [0.29, 0.717) is 37.3 Å². The summed E-state index contributed by atoms with van der Waals surface area (Å²) in [4.78, 5) is 43.5. The summed E-state index contributed by atoms with van der Waals surface area (Å²) in [6.07, 6.45) is 1.63. The summed E-state index contributed by atoms with van der Waals surface area (Å²) in [5.74, 6) is -0.546. The van der Waals surface area contributed by atoms with Crippen LogP contribution in [0.3, 0.4) is 0 Å². The highest BCUT2D eigenvalue weighted by Crippen LogP contribution is 2.31. The van der Waals surface area contributed by atoms with Gasteiger partial charge in [-0.3, -0.25) is 14.2 Å². The molecule has 3 aromatic rings. The van der Waals surface area contributed by atoms with E-state index in [9.17, 15) is 14.4 Å². The summed E-state index contributed by atoms with van der Waals surface area (Å²) in [5.41, 5.74) is 7.99. The first kappa shape index (κ1) is 29.3. The van der Waals surface area contributed by atoms with Gasteiger partial charge in [-0.25, -0.2) is 9.79 Å². The Morgan fingerprint density at radius 3 is 2.55 bits per heavy atom. The highest BCUT2D eigenvalue weighted by Gasteiger charge is 2.33. The van der Waals surface area contributed by atoms with Gasteiger partial charge < -0.3 is 19.9 Å². The molecular weight excluding hydrogens is 554 g/mol. The van der Waals surface area contributed by atoms with Gasteiger partial charge in [0.15, 0.2) is 11.4 Å². The number of rotatable bonds is 10. The molecule has 0 aliphatic carbocycles. The fraction of sp³-hybridized carbons (Fsp3) is 0.310. The van der Waals surface area contributed by atoms with Crippen LogP contribution in [0.5, 0.6) is 5.75 Å². The molecule has 9 nitrogen and oxygen atoms in total. The van der Waals surface area contributed by atoms with E-state index in [1.807, 2.05) is 24.3 Å². The van der Waals surface area contributed by atoms with Gasteiger partial charge in [0, 0.05) is 17.7 Å². The summed E-state index contributed by atoms with van der Waals surface area (Å²) < 4.78 is 17.9. The minimum absolute atomic E-state index is 0.0678. The lowest BCUT2D eigenvalue weighted by molar-refractivity contribution is -0.140. The van der Waals surface area contributed by atoms with Gasteiger partial charge in [-0.2, -0.15) is 0 Å².